The summed E-state index contributed by atoms with van der Waals surface area (Å²) in [5, 5.41) is 3.04. The second-order valence-electron chi connectivity index (χ2n) is 8.44. The van der Waals surface area contributed by atoms with Crippen molar-refractivity contribution in [2.45, 2.75) is 50.0 Å². The van der Waals surface area contributed by atoms with E-state index in [-0.39, 0.29) is 30.4 Å². The third kappa shape index (κ3) is 3.86. The number of fused-ring (bicyclic) bond motifs is 2. The minimum absolute atomic E-state index is 0.0745. The smallest absolute Gasteiger partial charge is 0.497 e. The van der Waals surface area contributed by atoms with E-state index in [0.717, 1.165) is 0 Å². The number of benzene rings is 2. The lowest BCUT2D eigenvalue weighted by Crippen LogP contribution is -2.43. The largest absolute Gasteiger partial charge is 0.586 e. The van der Waals surface area contributed by atoms with Gasteiger partial charge in [0.2, 0.25) is 5.91 Å². The first-order chi connectivity index (χ1) is 16.2. The molecule has 0 aromatic heterocycles. The SMILES string of the molecule is CCOC(=O)[C@H]1C[C@@H](NC(=O)C2(c3ccc4c(c3)OC(F)(F)O4)CC2)c2ccc(OC)cc2O1. The number of hydrogen-bond donors (Lipinski definition) is 1. The molecule has 2 heterocycles. The Bertz CT molecular complexity index is 1150. The van der Waals surface area contributed by atoms with E-state index in [4.69, 9.17) is 14.2 Å². The zero-order valence-corrected chi connectivity index (χ0v) is 18.6. The molecule has 0 radical (unpaired) electrons. The maximum atomic E-state index is 13.4. The van der Waals surface area contributed by atoms with Crippen LogP contribution in [0.5, 0.6) is 23.0 Å². The maximum Gasteiger partial charge on any atom is 0.586 e. The van der Waals surface area contributed by atoms with Crippen LogP contribution in [0.15, 0.2) is 36.4 Å². The van der Waals surface area contributed by atoms with Crippen molar-refractivity contribution in [2.24, 2.45) is 0 Å². The number of carbonyl (C=O) groups excluding carboxylic acids is 2. The van der Waals surface area contributed by atoms with E-state index >= 15 is 0 Å². The summed E-state index contributed by atoms with van der Waals surface area (Å²) in [5.41, 5.74) is 0.394. The summed E-state index contributed by atoms with van der Waals surface area (Å²) in [6.07, 6.45) is -3.33. The van der Waals surface area contributed by atoms with Crippen LogP contribution in [-0.4, -0.2) is 38.0 Å². The lowest BCUT2D eigenvalue weighted by molar-refractivity contribution is -0.286. The first-order valence-electron chi connectivity index (χ1n) is 11.0. The van der Waals surface area contributed by atoms with Gasteiger partial charge in [-0.2, -0.15) is 0 Å². The molecule has 1 N–H and O–H groups in total. The first-order valence-corrected chi connectivity index (χ1v) is 11.0. The van der Waals surface area contributed by atoms with Gasteiger partial charge in [0.1, 0.15) is 11.5 Å². The molecule has 180 valence electrons. The highest BCUT2D eigenvalue weighted by Crippen LogP contribution is 2.52. The molecule has 0 bridgehead atoms. The molecule has 3 aliphatic rings. The fraction of sp³-hybridized carbons (Fsp3) is 0.417. The highest BCUT2D eigenvalue weighted by molar-refractivity contribution is 5.92. The van der Waals surface area contributed by atoms with Gasteiger partial charge >= 0.3 is 12.3 Å². The third-order valence-corrected chi connectivity index (χ3v) is 6.31. The molecule has 1 fully saturated rings. The van der Waals surface area contributed by atoms with Crippen LogP contribution in [0.4, 0.5) is 8.78 Å². The molecular formula is C24H23F2NO7. The number of nitrogens with one attached hydrogen (secondary N) is 1. The molecule has 2 atom stereocenters. The Morgan fingerprint density at radius 1 is 1.09 bits per heavy atom. The van der Waals surface area contributed by atoms with Crippen LogP contribution in [0, 0.1) is 0 Å². The Hall–Kier alpha value is -3.56. The van der Waals surface area contributed by atoms with Gasteiger partial charge in [0.25, 0.3) is 0 Å². The monoisotopic (exact) mass is 475 g/mol. The van der Waals surface area contributed by atoms with Crippen LogP contribution >= 0.6 is 0 Å². The van der Waals surface area contributed by atoms with Crippen LogP contribution in [-0.2, 0) is 19.7 Å². The van der Waals surface area contributed by atoms with Gasteiger partial charge in [-0.3, -0.25) is 4.79 Å². The summed E-state index contributed by atoms with van der Waals surface area (Å²) in [6.45, 7) is 1.90. The highest BCUT2D eigenvalue weighted by atomic mass is 19.3. The summed E-state index contributed by atoms with van der Waals surface area (Å²) in [5.74, 6) is -0.00211. The molecule has 1 amide bonds. The third-order valence-electron chi connectivity index (χ3n) is 6.31. The molecule has 1 aliphatic carbocycles. The van der Waals surface area contributed by atoms with Gasteiger partial charge in [0, 0.05) is 18.1 Å². The van der Waals surface area contributed by atoms with Gasteiger partial charge in [-0.05, 0) is 49.6 Å². The molecule has 0 unspecified atom stereocenters. The molecule has 2 aliphatic heterocycles. The number of methoxy groups -OCH3 is 1. The van der Waals surface area contributed by atoms with Gasteiger partial charge < -0.3 is 29.0 Å². The lowest BCUT2D eigenvalue weighted by Gasteiger charge is -2.32. The maximum absolute atomic E-state index is 13.4. The fourth-order valence-electron chi connectivity index (χ4n) is 4.41. The topological polar surface area (TPSA) is 92.3 Å². The van der Waals surface area contributed by atoms with Crippen molar-refractivity contribution in [2.75, 3.05) is 13.7 Å². The number of hydrogen-bond acceptors (Lipinski definition) is 7. The number of esters is 1. The molecule has 8 nitrogen and oxygen atoms in total. The number of carbonyl (C=O) groups is 2. The normalized spacial score (nSPS) is 22.7. The van der Waals surface area contributed by atoms with E-state index in [2.05, 4.69) is 14.8 Å². The summed E-state index contributed by atoms with van der Waals surface area (Å²) in [4.78, 5) is 25.9. The van der Waals surface area contributed by atoms with Crippen molar-refractivity contribution in [1.29, 1.82) is 0 Å². The Morgan fingerprint density at radius 3 is 2.56 bits per heavy atom. The Balaban J connectivity index is 1.40. The van der Waals surface area contributed by atoms with Crippen LogP contribution in [0.2, 0.25) is 0 Å². The zero-order valence-electron chi connectivity index (χ0n) is 18.6. The number of rotatable bonds is 6. The number of amides is 1. The van der Waals surface area contributed by atoms with Gasteiger partial charge in [-0.15, -0.1) is 8.78 Å². The predicted octanol–water partition coefficient (Wildman–Crippen LogP) is 3.62. The number of halogens is 2. The number of ether oxygens (including phenoxy) is 5. The average Bonchev–Trinajstić information content (AvgIpc) is 3.55. The molecule has 10 heteroatoms. The molecule has 2 aromatic carbocycles. The van der Waals surface area contributed by atoms with E-state index in [1.54, 1.807) is 31.2 Å². The van der Waals surface area contributed by atoms with E-state index in [9.17, 15) is 18.4 Å². The Labute approximate surface area is 194 Å². The van der Waals surface area contributed by atoms with E-state index in [1.165, 1.54) is 19.2 Å². The summed E-state index contributed by atoms with van der Waals surface area (Å²) in [7, 11) is 1.52. The molecule has 1 saturated carbocycles. The van der Waals surface area contributed by atoms with Crippen LogP contribution in [0.25, 0.3) is 0 Å². The molecule has 2 aromatic rings. The predicted molar refractivity (Wildman–Crippen MR) is 113 cm³/mol. The summed E-state index contributed by atoms with van der Waals surface area (Å²) < 4.78 is 52.1. The van der Waals surface area contributed by atoms with Crippen molar-refractivity contribution in [3.8, 4) is 23.0 Å². The molecular weight excluding hydrogens is 452 g/mol. The first kappa shape index (κ1) is 22.2. The summed E-state index contributed by atoms with van der Waals surface area (Å²) in [6, 6.07) is 9.07. The van der Waals surface area contributed by atoms with E-state index < -0.39 is 29.8 Å². The van der Waals surface area contributed by atoms with E-state index in [0.29, 0.717) is 35.5 Å². The van der Waals surface area contributed by atoms with E-state index in [1.807, 2.05) is 0 Å². The molecule has 34 heavy (non-hydrogen) atoms. The Kier molecular flexibility index (Phi) is 5.26. The van der Waals surface area contributed by atoms with Gasteiger partial charge in [-0.1, -0.05) is 6.07 Å². The van der Waals surface area contributed by atoms with Crippen molar-refractivity contribution in [3.63, 3.8) is 0 Å². The van der Waals surface area contributed by atoms with Crippen LogP contribution < -0.4 is 24.3 Å². The Morgan fingerprint density at radius 2 is 1.85 bits per heavy atom. The minimum Gasteiger partial charge on any atom is -0.497 e. The fourth-order valence-corrected chi connectivity index (χ4v) is 4.41. The highest BCUT2D eigenvalue weighted by Gasteiger charge is 2.53. The molecule has 5 rings (SSSR count). The molecule has 0 saturated heterocycles. The molecule has 0 spiro atoms. The van der Waals surface area contributed by atoms with Crippen LogP contribution in [0.1, 0.15) is 43.4 Å². The van der Waals surface area contributed by atoms with Crippen LogP contribution in [0.3, 0.4) is 0 Å². The standard InChI is InChI=1S/C24H23F2NO7/c1-3-31-21(28)20-12-16(15-6-5-14(30-2)11-18(15)32-20)27-22(29)23(8-9-23)13-4-7-17-19(10-13)34-24(25,26)33-17/h4-7,10-11,16,20H,3,8-9,12H2,1-2H3,(H,27,29)/t16-,20-/m1/s1. The quantitative estimate of drug-likeness (QED) is 0.638. The van der Waals surface area contributed by atoms with Crippen molar-refractivity contribution in [3.05, 3.63) is 47.5 Å². The number of alkyl halides is 2. The van der Waals surface area contributed by atoms with Gasteiger partial charge in [0.15, 0.2) is 17.6 Å². The van der Waals surface area contributed by atoms with Gasteiger partial charge in [-0.25, -0.2) is 4.79 Å². The zero-order chi connectivity index (χ0) is 24.1. The van der Waals surface area contributed by atoms with Crippen molar-refractivity contribution >= 4 is 11.9 Å². The second-order valence-corrected chi connectivity index (χ2v) is 8.44. The van der Waals surface area contributed by atoms with Crippen molar-refractivity contribution in [1.82, 2.24) is 5.32 Å². The van der Waals surface area contributed by atoms with Gasteiger partial charge in [0.05, 0.1) is 25.2 Å². The van der Waals surface area contributed by atoms with Crippen molar-refractivity contribution < 1.29 is 42.1 Å². The summed E-state index contributed by atoms with van der Waals surface area (Å²) >= 11 is 0. The second kappa shape index (κ2) is 8.03. The minimum atomic E-state index is -3.73. The lowest BCUT2D eigenvalue weighted by atomic mass is 9.91. The average molecular weight is 475 g/mol.